The lowest BCUT2D eigenvalue weighted by molar-refractivity contribution is 0.143. The van der Waals surface area contributed by atoms with Gasteiger partial charge in [0.2, 0.25) is 10.0 Å². The summed E-state index contributed by atoms with van der Waals surface area (Å²) in [5, 5.41) is 13.3. The molecule has 2 unspecified atom stereocenters. The summed E-state index contributed by atoms with van der Waals surface area (Å²) in [6.45, 7) is 7.30. The van der Waals surface area contributed by atoms with E-state index >= 15 is 0 Å². The molecule has 1 fully saturated rings. The Labute approximate surface area is 139 Å². The van der Waals surface area contributed by atoms with E-state index in [1.807, 2.05) is 31.2 Å². The van der Waals surface area contributed by atoms with Gasteiger partial charge >= 0.3 is 0 Å². The van der Waals surface area contributed by atoms with E-state index in [1.54, 1.807) is 0 Å². The van der Waals surface area contributed by atoms with Crippen molar-refractivity contribution < 1.29 is 13.5 Å². The van der Waals surface area contributed by atoms with Crippen LogP contribution in [0.25, 0.3) is 0 Å². The first kappa shape index (κ1) is 18.2. The molecule has 1 aromatic carbocycles. The first-order valence-electron chi connectivity index (χ1n) is 8.31. The molecular weight excluding hydrogens is 312 g/mol. The first-order valence-corrected chi connectivity index (χ1v) is 9.92. The zero-order chi connectivity index (χ0) is 17.0. The molecule has 1 saturated heterocycles. The Morgan fingerprint density at radius 1 is 1.30 bits per heavy atom. The molecule has 2 rings (SSSR count). The number of benzene rings is 1. The maximum atomic E-state index is 12.0. The Kier molecular flexibility index (Phi) is 6.06. The summed E-state index contributed by atoms with van der Waals surface area (Å²) in [5.41, 5.74) is 1.76. The average Bonchev–Trinajstić information content (AvgIpc) is 2.83. The standard InChI is InChI=1S/C17H28N2O3S/c1-13(2)10-17(20)12-18-14(3)15-6-4-7-16(11-15)19-8-5-9-23(19,21)22/h4,6-7,11,13-14,17-18,20H,5,8-10,12H2,1-3H3. The second-order valence-corrected chi connectivity index (χ2v) is 8.76. The lowest BCUT2D eigenvalue weighted by atomic mass is 10.0. The predicted molar refractivity (Wildman–Crippen MR) is 94.1 cm³/mol. The number of anilines is 1. The van der Waals surface area contributed by atoms with Gasteiger partial charge < -0.3 is 10.4 Å². The maximum Gasteiger partial charge on any atom is 0.235 e. The van der Waals surface area contributed by atoms with Crippen LogP contribution in [0.1, 0.15) is 45.2 Å². The van der Waals surface area contributed by atoms with E-state index in [-0.39, 0.29) is 17.9 Å². The van der Waals surface area contributed by atoms with E-state index in [2.05, 4.69) is 19.2 Å². The third-order valence-electron chi connectivity index (χ3n) is 4.16. The molecule has 0 aromatic heterocycles. The van der Waals surface area contributed by atoms with Crippen molar-refractivity contribution in [3.8, 4) is 0 Å². The second-order valence-electron chi connectivity index (χ2n) is 6.75. The van der Waals surface area contributed by atoms with Crippen molar-refractivity contribution in [3.05, 3.63) is 29.8 Å². The van der Waals surface area contributed by atoms with Gasteiger partial charge in [0.25, 0.3) is 0 Å². The lowest BCUT2D eigenvalue weighted by Gasteiger charge is -2.21. The van der Waals surface area contributed by atoms with Crippen LogP contribution in [0.3, 0.4) is 0 Å². The summed E-state index contributed by atoms with van der Waals surface area (Å²) in [4.78, 5) is 0. The molecule has 0 bridgehead atoms. The van der Waals surface area contributed by atoms with Crippen molar-refractivity contribution in [2.24, 2.45) is 5.92 Å². The minimum Gasteiger partial charge on any atom is -0.392 e. The Balaban J connectivity index is 2.02. The number of nitrogens with one attached hydrogen (secondary N) is 1. The van der Waals surface area contributed by atoms with Crippen LogP contribution < -0.4 is 9.62 Å². The average molecular weight is 340 g/mol. The Bertz CT molecular complexity index is 616. The third-order valence-corrected chi connectivity index (χ3v) is 6.03. The molecule has 0 saturated carbocycles. The van der Waals surface area contributed by atoms with Crippen LogP contribution in [0.2, 0.25) is 0 Å². The monoisotopic (exact) mass is 340 g/mol. The SMILES string of the molecule is CC(C)CC(O)CNC(C)c1cccc(N2CCCS2(=O)=O)c1. The van der Waals surface area contributed by atoms with Crippen LogP contribution in [0.15, 0.2) is 24.3 Å². The van der Waals surface area contributed by atoms with E-state index < -0.39 is 10.0 Å². The van der Waals surface area contributed by atoms with Gasteiger partial charge in [-0.1, -0.05) is 26.0 Å². The fraction of sp³-hybridized carbons (Fsp3) is 0.647. The number of aliphatic hydroxyl groups is 1. The number of aliphatic hydroxyl groups excluding tert-OH is 1. The Morgan fingerprint density at radius 3 is 2.65 bits per heavy atom. The molecule has 5 nitrogen and oxygen atoms in total. The molecule has 1 heterocycles. The molecule has 0 spiro atoms. The lowest BCUT2D eigenvalue weighted by Crippen LogP contribution is -2.30. The van der Waals surface area contributed by atoms with Gasteiger partial charge in [0.1, 0.15) is 0 Å². The highest BCUT2D eigenvalue weighted by Gasteiger charge is 2.28. The fourth-order valence-corrected chi connectivity index (χ4v) is 4.49. The van der Waals surface area contributed by atoms with Crippen molar-refractivity contribution in [1.82, 2.24) is 5.32 Å². The minimum atomic E-state index is -3.15. The van der Waals surface area contributed by atoms with Gasteiger partial charge in [-0.05, 0) is 43.4 Å². The van der Waals surface area contributed by atoms with Gasteiger partial charge in [0.15, 0.2) is 0 Å². The molecule has 1 aliphatic heterocycles. The number of nitrogens with zero attached hydrogens (tertiary/aromatic N) is 1. The number of rotatable bonds is 7. The van der Waals surface area contributed by atoms with Crippen LogP contribution in [0.5, 0.6) is 0 Å². The Morgan fingerprint density at radius 2 is 2.04 bits per heavy atom. The summed E-state index contributed by atoms with van der Waals surface area (Å²) < 4.78 is 25.6. The van der Waals surface area contributed by atoms with Crippen molar-refractivity contribution in [2.75, 3.05) is 23.1 Å². The van der Waals surface area contributed by atoms with Gasteiger partial charge in [-0.3, -0.25) is 4.31 Å². The normalized spacial score (nSPS) is 20.0. The highest BCUT2D eigenvalue weighted by atomic mass is 32.2. The number of sulfonamides is 1. The summed E-state index contributed by atoms with van der Waals surface area (Å²) >= 11 is 0. The molecule has 1 aliphatic rings. The molecule has 2 N–H and O–H groups in total. The van der Waals surface area contributed by atoms with Gasteiger partial charge in [-0.15, -0.1) is 0 Å². The fourth-order valence-electron chi connectivity index (χ4n) is 2.94. The molecule has 6 heteroatoms. The molecule has 130 valence electrons. The van der Waals surface area contributed by atoms with E-state index in [0.29, 0.717) is 25.4 Å². The topological polar surface area (TPSA) is 69.6 Å². The minimum absolute atomic E-state index is 0.0575. The number of hydrogen-bond acceptors (Lipinski definition) is 4. The maximum absolute atomic E-state index is 12.0. The second kappa shape index (κ2) is 7.64. The van der Waals surface area contributed by atoms with Crippen molar-refractivity contribution in [1.29, 1.82) is 0 Å². The molecule has 0 radical (unpaired) electrons. The van der Waals surface area contributed by atoms with Gasteiger partial charge in [0, 0.05) is 19.1 Å². The van der Waals surface area contributed by atoms with Crippen LogP contribution >= 0.6 is 0 Å². The molecule has 0 amide bonds. The van der Waals surface area contributed by atoms with Gasteiger partial charge in [0.05, 0.1) is 17.5 Å². The smallest absolute Gasteiger partial charge is 0.235 e. The summed E-state index contributed by atoms with van der Waals surface area (Å²) in [5.74, 6) is 0.692. The van der Waals surface area contributed by atoms with Crippen LogP contribution in [0.4, 0.5) is 5.69 Å². The molecule has 1 aromatic rings. The first-order chi connectivity index (χ1) is 10.8. The predicted octanol–water partition coefficient (Wildman–Crippen LogP) is 2.28. The van der Waals surface area contributed by atoms with E-state index in [9.17, 15) is 13.5 Å². The largest absolute Gasteiger partial charge is 0.392 e. The van der Waals surface area contributed by atoms with Crippen molar-refractivity contribution >= 4 is 15.7 Å². The summed E-state index contributed by atoms with van der Waals surface area (Å²) in [7, 11) is -3.15. The highest BCUT2D eigenvalue weighted by molar-refractivity contribution is 7.93. The van der Waals surface area contributed by atoms with Crippen LogP contribution in [-0.4, -0.2) is 38.5 Å². The molecule has 0 aliphatic carbocycles. The van der Waals surface area contributed by atoms with Crippen molar-refractivity contribution in [2.45, 2.75) is 45.8 Å². The van der Waals surface area contributed by atoms with Gasteiger partial charge in [-0.2, -0.15) is 0 Å². The van der Waals surface area contributed by atoms with Gasteiger partial charge in [-0.25, -0.2) is 8.42 Å². The van der Waals surface area contributed by atoms with E-state index in [1.165, 1.54) is 4.31 Å². The summed E-state index contributed by atoms with van der Waals surface area (Å²) in [6, 6.07) is 7.70. The molecule has 23 heavy (non-hydrogen) atoms. The zero-order valence-electron chi connectivity index (χ0n) is 14.2. The molecular formula is C17H28N2O3S. The third kappa shape index (κ3) is 4.93. The zero-order valence-corrected chi connectivity index (χ0v) is 15.0. The summed E-state index contributed by atoms with van der Waals surface area (Å²) in [6.07, 6.45) is 1.09. The highest BCUT2D eigenvalue weighted by Crippen LogP contribution is 2.26. The van der Waals surface area contributed by atoms with Crippen molar-refractivity contribution in [3.63, 3.8) is 0 Å². The number of hydrogen-bond donors (Lipinski definition) is 2. The van der Waals surface area contributed by atoms with Crippen LogP contribution in [0, 0.1) is 5.92 Å². The van der Waals surface area contributed by atoms with E-state index in [0.717, 1.165) is 17.7 Å². The Hall–Kier alpha value is -1.11. The quantitative estimate of drug-likeness (QED) is 0.799. The molecule has 2 atom stereocenters. The van der Waals surface area contributed by atoms with E-state index in [4.69, 9.17) is 0 Å². The van der Waals surface area contributed by atoms with Crippen LogP contribution in [-0.2, 0) is 10.0 Å².